The lowest BCUT2D eigenvalue weighted by Gasteiger charge is -2.27. The van der Waals surface area contributed by atoms with Gasteiger partial charge in [-0.3, -0.25) is 0 Å². The number of allylic oxidation sites excluding steroid dienone is 3. The molecule has 3 heterocycles. The lowest BCUT2D eigenvalue weighted by molar-refractivity contribution is 0.0298. The molecule has 3 aliphatic rings. The molecule has 2 unspecified atom stereocenters. The first-order valence-electron chi connectivity index (χ1n) is 6.06. The Labute approximate surface area is 106 Å². The molecule has 0 aliphatic carbocycles. The molecular weight excluding hydrogens is 233 g/mol. The molecule has 6 heteroatoms. The summed E-state index contributed by atoms with van der Waals surface area (Å²) in [5, 5.41) is 9.56. The third kappa shape index (κ3) is 1.65. The summed E-state index contributed by atoms with van der Waals surface area (Å²) in [4.78, 5) is 0. The third-order valence-electron chi connectivity index (χ3n) is 3.65. The highest BCUT2D eigenvalue weighted by atomic mass is 16.6. The SMILES string of the molecule is CC1(CO)OB2OC(CN)C=C3C=COCC1=C23. The Morgan fingerprint density at radius 1 is 1.61 bits per heavy atom. The topological polar surface area (TPSA) is 73.9 Å². The van der Waals surface area contributed by atoms with E-state index in [0.717, 1.165) is 16.6 Å². The first-order valence-corrected chi connectivity index (χ1v) is 6.06. The van der Waals surface area contributed by atoms with Gasteiger partial charge in [0.2, 0.25) is 0 Å². The molecule has 96 valence electrons. The van der Waals surface area contributed by atoms with E-state index >= 15 is 0 Å². The molecule has 0 bridgehead atoms. The van der Waals surface area contributed by atoms with Gasteiger partial charge in [-0.05, 0) is 35.7 Å². The summed E-state index contributed by atoms with van der Waals surface area (Å²) < 4.78 is 17.0. The van der Waals surface area contributed by atoms with Crippen LogP contribution in [0.1, 0.15) is 6.92 Å². The Balaban J connectivity index is 2.09. The molecule has 5 nitrogen and oxygen atoms in total. The smallest absolute Gasteiger partial charge is 0.495 e. The second kappa shape index (κ2) is 4.24. The van der Waals surface area contributed by atoms with Crippen LogP contribution in [-0.2, 0) is 14.0 Å². The maximum atomic E-state index is 9.56. The Morgan fingerprint density at radius 3 is 3.17 bits per heavy atom. The van der Waals surface area contributed by atoms with Crippen LogP contribution in [0.15, 0.2) is 35.0 Å². The van der Waals surface area contributed by atoms with E-state index in [4.69, 9.17) is 19.8 Å². The third-order valence-corrected chi connectivity index (χ3v) is 3.65. The fourth-order valence-electron chi connectivity index (χ4n) is 2.57. The minimum absolute atomic E-state index is 0.102. The van der Waals surface area contributed by atoms with E-state index in [2.05, 4.69) is 0 Å². The van der Waals surface area contributed by atoms with Gasteiger partial charge in [0.15, 0.2) is 0 Å². The summed E-state index contributed by atoms with van der Waals surface area (Å²) in [7, 11) is -0.461. The van der Waals surface area contributed by atoms with Crippen LogP contribution in [0.4, 0.5) is 0 Å². The number of nitrogens with two attached hydrogens (primary N) is 1. The number of hydrogen-bond acceptors (Lipinski definition) is 5. The number of rotatable bonds is 2. The summed E-state index contributed by atoms with van der Waals surface area (Å²) in [5.41, 5.74) is 7.85. The van der Waals surface area contributed by atoms with Crippen LogP contribution in [0.2, 0.25) is 0 Å². The molecule has 0 spiro atoms. The van der Waals surface area contributed by atoms with E-state index < -0.39 is 12.7 Å². The monoisotopic (exact) mass is 249 g/mol. The largest absolute Gasteiger partial charge is 0.497 e. The average molecular weight is 249 g/mol. The number of hydrogen-bond donors (Lipinski definition) is 2. The zero-order valence-electron chi connectivity index (χ0n) is 10.3. The van der Waals surface area contributed by atoms with E-state index in [1.165, 1.54) is 0 Å². The zero-order valence-corrected chi connectivity index (χ0v) is 10.3. The van der Waals surface area contributed by atoms with E-state index in [9.17, 15) is 5.11 Å². The molecule has 3 rings (SSSR count). The Hall–Kier alpha value is -1.08. The lowest BCUT2D eigenvalue weighted by atomic mass is 9.70. The highest BCUT2D eigenvalue weighted by molar-refractivity contribution is 6.57. The first kappa shape index (κ1) is 12.0. The quantitative estimate of drug-likeness (QED) is 0.669. The van der Waals surface area contributed by atoms with Crippen LogP contribution >= 0.6 is 0 Å². The Bertz CT molecular complexity index is 459. The summed E-state index contributed by atoms with van der Waals surface area (Å²) in [6.07, 6.45) is 5.37. The van der Waals surface area contributed by atoms with Gasteiger partial charge in [-0.2, -0.15) is 0 Å². The highest BCUT2D eigenvalue weighted by Crippen LogP contribution is 2.41. The molecule has 0 radical (unpaired) electrons. The predicted molar refractivity (Wildman–Crippen MR) is 66.5 cm³/mol. The van der Waals surface area contributed by atoms with Gasteiger partial charge in [0, 0.05) is 6.54 Å². The average Bonchev–Trinajstić information content (AvgIpc) is 2.53. The van der Waals surface area contributed by atoms with Crippen molar-refractivity contribution in [3.63, 3.8) is 0 Å². The molecular formula is C12H16BNO4. The minimum Gasteiger partial charge on any atom is -0.497 e. The maximum absolute atomic E-state index is 9.56. The molecule has 0 aromatic rings. The van der Waals surface area contributed by atoms with E-state index in [1.54, 1.807) is 6.26 Å². The maximum Gasteiger partial charge on any atom is 0.495 e. The second-order valence-electron chi connectivity index (χ2n) is 4.88. The van der Waals surface area contributed by atoms with Crippen LogP contribution < -0.4 is 5.73 Å². The van der Waals surface area contributed by atoms with Crippen molar-refractivity contribution in [1.29, 1.82) is 0 Å². The van der Waals surface area contributed by atoms with Crippen molar-refractivity contribution in [3.05, 3.63) is 35.0 Å². The van der Waals surface area contributed by atoms with Gasteiger partial charge in [0.05, 0.1) is 24.6 Å². The molecule has 0 amide bonds. The van der Waals surface area contributed by atoms with Gasteiger partial charge in [0.25, 0.3) is 0 Å². The minimum atomic E-state index is -0.741. The van der Waals surface area contributed by atoms with Gasteiger partial charge in [-0.25, -0.2) is 0 Å². The summed E-state index contributed by atoms with van der Waals surface area (Å²) in [6.45, 7) is 2.56. The van der Waals surface area contributed by atoms with Gasteiger partial charge < -0.3 is 24.9 Å². The van der Waals surface area contributed by atoms with Crippen LogP contribution in [0.25, 0.3) is 0 Å². The molecule has 3 aliphatic heterocycles. The summed E-state index contributed by atoms with van der Waals surface area (Å²) in [5.74, 6) is 0. The van der Waals surface area contributed by atoms with Crippen molar-refractivity contribution in [2.45, 2.75) is 18.6 Å². The van der Waals surface area contributed by atoms with Crippen LogP contribution in [0.3, 0.4) is 0 Å². The summed E-state index contributed by atoms with van der Waals surface area (Å²) >= 11 is 0. The zero-order chi connectivity index (χ0) is 12.8. The van der Waals surface area contributed by atoms with Crippen LogP contribution in [0, 0.1) is 0 Å². The molecule has 0 saturated carbocycles. The molecule has 0 saturated heterocycles. The molecule has 0 fully saturated rings. The van der Waals surface area contributed by atoms with Crippen molar-refractivity contribution in [3.8, 4) is 0 Å². The van der Waals surface area contributed by atoms with Crippen molar-refractivity contribution < 1.29 is 19.2 Å². The lowest BCUT2D eigenvalue weighted by Crippen LogP contribution is -2.40. The van der Waals surface area contributed by atoms with Gasteiger partial charge >= 0.3 is 7.12 Å². The second-order valence-corrected chi connectivity index (χ2v) is 4.88. The van der Waals surface area contributed by atoms with Crippen molar-refractivity contribution >= 4 is 7.12 Å². The van der Waals surface area contributed by atoms with Gasteiger partial charge in [0.1, 0.15) is 6.61 Å². The van der Waals surface area contributed by atoms with Crippen molar-refractivity contribution in [2.24, 2.45) is 5.73 Å². The Morgan fingerprint density at radius 2 is 2.44 bits per heavy atom. The highest BCUT2D eigenvalue weighted by Gasteiger charge is 2.50. The fraction of sp³-hybridized carbons (Fsp3) is 0.500. The van der Waals surface area contributed by atoms with Gasteiger partial charge in [-0.15, -0.1) is 0 Å². The molecule has 2 atom stereocenters. The van der Waals surface area contributed by atoms with E-state index in [-0.39, 0.29) is 12.7 Å². The normalized spacial score (nSPS) is 34.1. The molecule has 0 aromatic heterocycles. The number of aliphatic hydroxyl groups is 1. The first-order chi connectivity index (χ1) is 8.68. The van der Waals surface area contributed by atoms with E-state index in [0.29, 0.717) is 13.2 Å². The number of aliphatic hydroxyl groups excluding tert-OH is 1. The standard InChI is InChI=1S/C12H16BNO4/c1-12(7-15)10-6-16-3-2-8-4-9(5-14)17-13(18-12)11(8)10/h2-4,9,15H,5-7,14H2,1H3. The number of ether oxygens (including phenoxy) is 1. The molecule has 3 N–H and O–H groups in total. The summed E-state index contributed by atoms with van der Waals surface area (Å²) in [6, 6.07) is 0. The van der Waals surface area contributed by atoms with Gasteiger partial charge in [-0.1, -0.05) is 0 Å². The van der Waals surface area contributed by atoms with Crippen LogP contribution in [0.5, 0.6) is 0 Å². The van der Waals surface area contributed by atoms with E-state index in [1.807, 2.05) is 19.1 Å². The fourth-order valence-corrected chi connectivity index (χ4v) is 2.57. The molecule has 18 heavy (non-hydrogen) atoms. The Kier molecular flexibility index (Phi) is 2.82. The van der Waals surface area contributed by atoms with Crippen LogP contribution in [-0.4, -0.2) is 43.7 Å². The van der Waals surface area contributed by atoms with Crippen molar-refractivity contribution in [1.82, 2.24) is 0 Å². The molecule has 0 aromatic carbocycles. The van der Waals surface area contributed by atoms with Crippen molar-refractivity contribution in [2.75, 3.05) is 19.8 Å². The predicted octanol–water partition coefficient (Wildman–Crippen LogP) is -0.0806.